The lowest BCUT2D eigenvalue weighted by atomic mass is 9.89. The van der Waals surface area contributed by atoms with E-state index in [2.05, 4.69) is 24.3 Å². The van der Waals surface area contributed by atoms with E-state index in [1.807, 2.05) is 36.4 Å². The van der Waals surface area contributed by atoms with Gasteiger partial charge in [0.25, 0.3) is 0 Å². The van der Waals surface area contributed by atoms with Gasteiger partial charge in [-0.25, -0.2) is 0 Å². The molecular formula is C15H15N. The maximum Gasteiger partial charge on any atom is 0.0330 e. The number of hydrogen-bond acceptors (Lipinski definition) is 0. The second-order valence-corrected chi connectivity index (χ2v) is 3.89. The molecule has 0 heterocycles. The van der Waals surface area contributed by atoms with Crippen molar-refractivity contribution < 1.29 is 0 Å². The molecule has 0 saturated carbocycles. The second-order valence-electron chi connectivity index (χ2n) is 3.89. The molecule has 0 amide bonds. The van der Waals surface area contributed by atoms with Crippen LogP contribution in [-0.4, -0.2) is 6.54 Å². The maximum absolute atomic E-state index is 9.16. The smallest absolute Gasteiger partial charge is 0.0330 e. The summed E-state index contributed by atoms with van der Waals surface area (Å²) < 4.78 is 0. The van der Waals surface area contributed by atoms with Crippen LogP contribution in [0.3, 0.4) is 0 Å². The van der Waals surface area contributed by atoms with Gasteiger partial charge in [-0.2, -0.15) is 0 Å². The zero-order valence-electron chi connectivity index (χ0n) is 9.21. The summed E-state index contributed by atoms with van der Waals surface area (Å²) in [5, 5.41) is 0. The zero-order chi connectivity index (χ0) is 11.2. The lowest BCUT2D eigenvalue weighted by Gasteiger charge is -2.16. The molecule has 0 N–H and O–H groups in total. The molecule has 0 bridgehead atoms. The van der Waals surface area contributed by atoms with Gasteiger partial charge in [0, 0.05) is 12.5 Å². The first-order chi connectivity index (χ1) is 7.92. The van der Waals surface area contributed by atoms with E-state index >= 15 is 0 Å². The Morgan fingerprint density at radius 1 is 0.750 bits per heavy atom. The predicted molar refractivity (Wildman–Crippen MR) is 66.3 cm³/mol. The third-order valence-corrected chi connectivity index (χ3v) is 2.82. The quantitative estimate of drug-likeness (QED) is 0.737. The Balaban J connectivity index is 2.31. The Hall–Kier alpha value is -1.60. The highest BCUT2D eigenvalue weighted by molar-refractivity contribution is 5.32. The van der Waals surface area contributed by atoms with Crippen molar-refractivity contribution in [1.29, 1.82) is 0 Å². The fourth-order valence-corrected chi connectivity index (χ4v) is 2.03. The molecule has 2 radical (unpaired) electrons. The lowest BCUT2D eigenvalue weighted by molar-refractivity contribution is 0.717. The van der Waals surface area contributed by atoms with Crippen molar-refractivity contribution in [2.75, 3.05) is 6.54 Å². The first kappa shape index (κ1) is 10.9. The van der Waals surface area contributed by atoms with Crippen LogP contribution in [0.1, 0.15) is 23.5 Å². The van der Waals surface area contributed by atoms with Crippen molar-refractivity contribution in [3.63, 3.8) is 0 Å². The second kappa shape index (κ2) is 5.47. The summed E-state index contributed by atoms with van der Waals surface area (Å²) >= 11 is 0. The van der Waals surface area contributed by atoms with Crippen LogP contribution in [0.15, 0.2) is 60.7 Å². The van der Waals surface area contributed by atoms with Gasteiger partial charge in [0.1, 0.15) is 0 Å². The van der Waals surface area contributed by atoms with Gasteiger partial charge in [0.2, 0.25) is 0 Å². The minimum absolute atomic E-state index is 0.217. The summed E-state index contributed by atoms with van der Waals surface area (Å²) in [4.78, 5) is 0. The van der Waals surface area contributed by atoms with E-state index in [0.717, 1.165) is 6.42 Å². The van der Waals surface area contributed by atoms with E-state index in [9.17, 15) is 0 Å². The Labute approximate surface area is 96.9 Å². The van der Waals surface area contributed by atoms with Gasteiger partial charge in [0.15, 0.2) is 0 Å². The van der Waals surface area contributed by atoms with Gasteiger partial charge in [-0.15, -0.1) is 5.73 Å². The molecule has 2 rings (SSSR count). The van der Waals surface area contributed by atoms with Crippen molar-refractivity contribution in [3.8, 4) is 0 Å². The van der Waals surface area contributed by atoms with Crippen molar-refractivity contribution in [2.24, 2.45) is 0 Å². The number of nitrogens with zero attached hydrogens (tertiary/aromatic N) is 1. The largest absolute Gasteiger partial charge is 0.145 e. The van der Waals surface area contributed by atoms with Crippen LogP contribution in [0.25, 0.3) is 0 Å². The molecule has 2 aromatic carbocycles. The summed E-state index contributed by atoms with van der Waals surface area (Å²) in [5.41, 5.74) is 11.7. The van der Waals surface area contributed by atoms with Crippen LogP contribution in [0.4, 0.5) is 0 Å². The predicted octanol–water partition coefficient (Wildman–Crippen LogP) is 3.28. The first-order valence-electron chi connectivity index (χ1n) is 5.62. The van der Waals surface area contributed by atoms with E-state index in [1.165, 1.54) is 11.1 Å². The topological polar surface area (TPSA) is 22.3 Å². The normalized spacial score (nSPS) is 10.6. The molecule has 1 nitrogen and oxygen atoms in total. The van der Waals surface area contributed by atoms with Crippen molar-refractivity contribution in [2.45, 2.75) is 12.3 Å². The van der Waals surface area contributed by atoms with Crippen LogP contribution in [0, 0.1) is 0 Å². The lowest BCUT2D eigenvalue weighted by Crippen LogP contribution is -2.03. The van der Waals surface area contributed by atoms with Crippen LogP contribution < -0.4 is 5.73 Å². The fourth-order valence-electron chi connectivity index (χ4n) is 2.03. The molecule has 0 spiro atoms. The SMILES string of the molecule is [N]CCC(c1ccccc1)c1ccccc1. The fraction of sp³-hybridized carbons (Fsp3) is 0.200. The van der Waals surface area contributed by atoms with Crippen LogP contribution >= 0.6 is 0 Å². The van der Waals surface area contributed by atoms with Gasteiger partial charge < -0.3 is 0 Å². The van der Waals surface area contributed by atoms with Crippen LogP contribution in [0.2, 0.25) is 0 Å². The molecule has 0 saturated heterocycles. The van der Waals surface area contributed by atoms with Gasteiger partial charge in [-0.05, 0) is 17.5 Å². The maximum atomic E-state index is 9.16. The minimum Gasteiger partial charge on any atom is -0.145 e. The average molecular weight is 209 g/mol. The molecular weight excluding hydrogens is 194 g/mol. The van der Waals surface area contributed by atoms with E-state index in [4.69, 9.17) is 5.73 Å². The van der Waals surface area contributed by atoms with Crippen molar-refractivity contribution in [1.82, 2.24) is 5.73 Å². The number of rotatable bonds is 4. The highest BCUT2D eigenvalue weighted by Crippen LogP contribution is 2.27. The molecule has 16 heavy (non-hydrogen) atoms. The van der Waals surface area contributed by atoms with Crippen molar-refractivity contribution in [3.05, 3.63) is 71.8 Å². The van der Waals surface area contributed by atoms with E-state index in [0.29, 0.717) is 5.92 Å². The number of hydrogen-bond donors (Lipinski definition) is 0. The Kier molecular flexibility index (Phi) is 3.73. The molecule has 0 unspecified atom stereocenters. The molecule has 0 aliphatic rings. The molecule has 1 heteroatoms. The van der Waals surface area contributed by atoms with E-state index in [-0.39, 0.29) is 6.54 Å². The first-order valence-corrected chi connectivity index (χ1v) is 5.62. The highest BCUT2D eigenvalue weighted by atomic mass is 14.5. The summed E-state index contributed by atoms with van der Waals surface area (Å²) in [6.07, 6.45) is 0.772. The zero-order valence-corrected chi connectivity index (χ0v) is 9.21. The van der Waals surface area contributed by atoms with Gasteiger partial charge in [0.05, 0.1) is 0 Å². The Bertz CT molecular complexity index is 368. The molecule has 0 aromatic heterocycles. The molecule has 0 aliphatic carbocycles. The third kappa shape index (κ3) is 2.50. The summed E-state index contributed by atoms with van der Waals surface area (Å²) in [6, 6.07) is 20.7. The van der Waals surface area contributed by atoms with Crippen molar-refractivity contribution >= 4 is 0 Å². The summed E-state index contributed by atoms with van der Waals surface area (Å²) in [7, 11) is 0. The molecule has 0 fully saturated rings. The molecule has 2 aromatic rings. The van der Waals surface area contributed by atoms with Crippen LogP contribution in [-0.2, 0) is 0 Å². The molecule has 0 aliphatic heterocycles. The number of benzene rings is 2. The minimum atomic E-state index is 0.217. The Morgan fingerprint density at radius 2 is 1.19 bits per heavy atom. The monoisotopic (exact) mass is 209 g/mol. The summed E-state index contributed by atoms with van der Waals surface area (Å²) in [5.74, 6) is 0.299. The van der Waals surface area contributed by atoms with E-state index < -0.39 is 0 Å². The summed E-state index contributed by atoms with van der Waals surface area (Å²) in [6.45, 7) is 0.217. The standard InChI is InChI=1S/C15H15N/c16-12-11-15(13-7-3-1-4-8-13)14-9-5-2-6-10-14/h1-10,15H,11-12H2. The van der Waals surface area contributed by atoms with Gasteiger partial charge in [-0.3, -0.25) is 0 Å². The molecule has 0 atom stereocenters. The Morgan fingerprint density at radius 3 is 1.56 bits per heavy atom. The third-order valence-electron chi connectivity index (χ3n) is 2.82. The van der Waals surface area contributed by atoms with E-state index in [1.54, 1.807) is 0 Å². The average Bonchev–Trinajstić information content (AvgIpc) is 2.38. The molecule has 80 valence electrons. The van der Waals surface area contributed by atoms with Gasteiger partial charge in [-0.1, -0.05) is 60.7 Å². The van der Waals surface area contributed by atoms with Gasteiger partial charge >= 0.3 is 0 Å². The highest BCUT2D eigenvalue weighted by Gasteiger charge is 2.12. The van der Waals surface area contributed by atoms with Crippen LogP contribution in [0.5, 0.6) is 0 Å².